The number of carbonyl (C=O) groups is 10. The summed E-state index contributed by atoms with van der Waals surface area (Å²) in [6.07, 6.45) is 5.49. The van der Waals surface area contributed by atoms with Crippen LogP contribution in [0, 0.1) is 23.7 Å². The predicted molar refractivity (Wildman–Crippen MR) is 343 cm³/mol. The van der Waals surface area contributed by atoms with E-state index in [4.69, 9.17) is 28.7 Å². The molecule has 0 aromatic heterocycles. The second kappa shape index (κ2) is 38.6. The SMILES string of the molecule is CC(C)C[C@H](NC(=O)[C@@H](Cc1ccccc1)NC(=O)[C@H](CCN)NC(=O)[C@H](Cc1ccc(-c2ccccc2)cc1)NC(=O)[C@H](CCN)NC(=O)C(N)CC1CCCCC1)C(=O)N[C@@H](CCN)C(=O)N[C@@H](C(=O)N[C@@H](CC(C)C)C(=O)N[C@@H](CO)C(N)=O)C(C)C. The van der Waals surface area contributed by atoms with Crippen LogP contribution in [0.15, 0.2) is 84.9 Å². The fourth-order valence-electron chi connectivity index (χ4n) is 10.7. The Kier molecular flexibility index (Phi) is 32.0. The number of hydrogen-bond acceptors (Lipinski definition) is 15. The Balaban J connectivity index is 1.59. The van der Waals surface area contributed by atoms with E-state index in [0.29, 0.717) is 17.5 Å². The topological polar surface area (TPSA) is 429 Å². The van der Waals surface area contributed by atoms with Gasteiger partial charge in [-0.25, -0.2) is 0 Å². The molecule has 20 N–H and O–H groups in total. The van der Waals surface area contributed by atoms with Gasteiger partial charge in [-0.15, -0.1) is 0 Å². The van der Waals surface area contributed by atoms with Crippen LogP contribution >= 0.6 is 0 Å². The largest absolute Gasteiger partial charge is 0.394 e. The smallest absolute Gasteiger partial charge is 0.243 e. The van der Waals surface area contributed by atoms with E-state index in [1.807, 2.05) is 68.4 Å². The normalized spacial score (nSPS) is 15.9. The Morgan fingerprint density at radius 3 is 1.21 bits per heavy atom. The first-order chi connectivity index (χ1) is 42.9. The first-order valence-corrected chi connectivity index (χ1v) is 31.6. The van der Waals surface area contributed by atoms with E-state index >= 15 is 0 Å². The number of benzene rings is 3. The number of nitrogens with one attached hydrogen (secondary N) is 9. The highest BCUT2D eigenvalue weighted by Crippen LogP contribution is 2.27. The molecule has 90 heavy (non-hydrogen) atoms. The maximum atomic E-state index is 14.7. The molecular weight excluding hydrogens is 1150 g/mol. The van der Waals surface area contributed by atoms with E-state index in [-0.39, 0.29) is 82.3 Å². The van der Waals surface area contributed by atoms with Gasteiger partial charge in [0.2, 0.25) is 59.1 Å². The summed E-state index contributed by atoms with van der Waals surface area (Å²) in [4.78, 5) is 139. The molecule has 25 nitrogen and oxygen atoms in total. The molecule has 0 heterocycles. The molecule has 10 amide bonds. The average molecular weight is 1250 g/mol. The Hall–Kier alpha value is -7.84. The average Bonchev–Trinajstić information content (AvgIpc) is 3.31. The lowest BCUT2D eigenvalue weighted by atomic mass is 9.85. The standard InChI is InChI=1S/C65H100N14O11/c1-38(2)32-50(61(86)73-49(28-31-68)60(85)79-55(40(5)6)65(90)77-51(33-39(3)4)62(87)78-54(37-80)56(70)81)74-64(89)52(35-42-18-12-8-13-19-42)75-59(84)48(27-30-67)72-63(88)53(36-43-22-24-45(25-23-43)44-20-14-9-15-21-44)76-58(83)47(26-29-66)71-57(82)46(69)34-41-16-10-7-11-17-41/h8-9,12-15,18-25,38-41,46-55,80H,7,10-11,16-17,26-37,66-69H2,1-6H3,(H2,70,81)(H,71,82)(H,72,88)(H,73,86)(H,74,89)(H,75,84)(H,76,83)(H,77,90)(H,78,87)(H,79,85)/t46?,47-,48-,49-,50-,51-,52+,53-,54-,55+/m0/s1. The fourth-order valence-corrected chi connectivity index (χ4v) is 10.7. The summed E-state index contributed by atoms with van der Waals surface area (Å²) in [5.41, 5.74) is 32.9. The molecule has 10 atom stereocenters. The van der Waals surface area contributed by atoms with Crippen molar-refractivity contribution < 1.29 is 53.1 Å². The van der Waals surface area contributed by atoms with Gasteiger partial charge in [0.05, 0.1) is 12.6 Å². The van der Waals surface area contributed by atoms with Gasteiger partial charge in [0, 0.05) is 12.8 Å². The zero-order valence-corrected chi connectivity index (χ0v) is 53.1. The van der Waals surface area contributed by atoms with Gasteiger partial charge in [0.25, 0.3) is 0 Å². The van der Waals surface area contributed by atoms with Crippen LogP contribution in [-0.4, -0.2) is 151 Å². The van der Waals surface area contributed by atoms with Crippen molar-refractivity contribution >= 4 is 59.1 Å². The zero-order chi connectivity index (χ0) is 66.5. The Morgan fingerprint density at radius 1 is 0.433 bits per heavy atom. The molecule has 0 radical (unpaired) electrons. The number of hydrogen-bond donors (Lipinski definition) is 15. The van der Waals surface area contributed by atoms with Crippen molar-refractivity contribution in [2.24, 2.45) is 52.3 Å². The minimum atomic E-state index is -1.41. The molecule has 1 aliphatic carbocycles. The number of nitrogens with two attached hydrogens (primary N) is 5. The molecule has 0 aliphatic heterocycles. The summed E-state index contributed by atoms with van der Waals surface area (Å²) in [6, 6.07) is 13.2. The number of aliphatic hydroxyl groups is 1. The van der Waals surface area contributed by atoms with Gasteiger partial charge in [-0.2, -0.15) is 0 Å². The maximum Gasteiger partial charge on any atom is 0.243 e. The van der Waals surface area contributed by atoms with Crippen LogP contribution in [0.25, 0.3) is 11.1 Å². The second-order valence-corrected chi connectivity index (χ2v) is 24.6. The molecule has 0 bridgehead atoms. The number of amides is 10. The number of rotatable bonds is 38. The van der Waals surface area contributed by atoms with E-state index in [1.165, 1.54) is 0 Å². The number of aliphatic hydroxyl groups excluding tert-OH is 1. The maximum absolute atomic E-state index is 14.7. The molecule has 0 saturated heterocycles. The number of primary amides is 1. The zero-order valence-electron chi connectivity index (χ0n) is 53.1. The molecule has 1 saturated carbocycles. The van der Waals surface area contributed by atoms with Crippen molar-refractivity contribution in [3.63, 3.8) is 0 Å². The second-order valence-electron chi connectivity index (χ2n) is 24.6. The van der Waals surface area contributed by atoms with Crippen molar-refractivity contribution in [3.8, 4) is 11.1 Å². The van der Waals surface area contributed by atoms with Crippen LogP contribution < -0.4 is 76.5 Å². The van der Waals surface area contributed by atoms with Gasteiger partial charge in [0.1, 0.15) is 54.4 Å². The Morgan fingerprint density at radius 2 is 0.789 bits per heavy atom. The third-order valence-corrected chi connectivity index (χ3v) is 15.7. The van der Waals surface area contributed by atoms with E-state index in [1.54, 1.807) is 58.0 Å². The molecule has 1 fully saturated rings. The minimum absolute atomic E-state index is 0.0156. The molecule has 25 heteroatoms. The third kappa shape index (κ3) is 25.2. The first-order valence-electron chi connectivity index (χ1n) is 31.6. The van der Waals surface area contributed by atoms with E-state index in [0.717, 1.165) is 43.2 Å². The van der Waals surface area contributed by atoms with Crippen molar-refractivity contribution in [1.82, 2.24) is 47.9 Å². The van der Waals surface area contributed by atoms with Crippen molar-refractivity contribution in [3.05, 3.63) is 96.1 Å². The Bertz CT molecular complexity index is 2790. The fraction of sp³-hybridized carbons (Fsp3) is 0.569. The van der Waals surface area contributed by atoms with Crippen molar-refractivity contribution in [1.29, 1.82) is 0 Å². The quantitative estimate of drug-likeness (QED) is 0.0361. The summed E-state index contributed by atoms with van der Waals surface area (Å²) in [5.74, 6) is -8.32. The summed E-state index contributed by atoms with van der Waals surface area (Å²) in [5, 5.41) is 33.9. The Labute approximate surface area is 529 Å². The van der Waals surface area contributed by atoms with Crippen molar-refractivity contribution in [2.45, 2.75) is 185 Å². The van der Waals surface area contributed by atoms with Gasteiger partial charge < -0.3 is 81.6 Å². The molecule has 3 aromatic rings. The van der Waals surface area contributed by atoms with Gasteiger partial charge in [-0.05, 0) is 104 Å². The highest BCUT2D eigenvalue weighted by atomic mass is 16.3. The molecule has 1 unspecified atom stereocenters. The van der Waals surface area contributed by atoms with Crippen LogP contribution in [0.4, 0.5) is 0 Å². The third-order valence-electron chi connectivity index (χ3n) is 15.7. The summed E-state index contributed by atoms with van der Waals surface area (Å²) in [7, 11) is 0. The van der Waals surface area contributed by atoms with E-state index in [2.05, 4.69) is 47.9 Å². The van der Waals surface area contributed by atoms with Crippen LogP contribution in [-0.2, 0) is 60.8 Å². The van der Waals surface area contributed by atoms with Gasteiger partial charge in [-0.1, -0.05) is 159 Å². The molecule has 496 valence electrons. The highest BCUT2D eigenvalue weighted by Gasteiger charge is 2.37. The molecule has 4 rings (SSSR count). The summed E-state index contributed by atoms with van der Waals surface area (Å²) < 4.78 is 0. The highest BCUT2D eigenvalue weighted by molar-refractivity contribution is 5.99. The molecule has 0 spiro atoms. The van der Waals surface area contributed by atoms with E-state index in [9.17, 15) is 53.1 Å². The van der Waals surface area contributed by atoms with Crippen LogP contribution in [0.5, 0.6) is 0 Å². The van der Waals surface area contributed by atoms with Gasteiger partial charge >= 0.3 is 0 Å². The predicted octanol–water partition coefficient (Wildman–Crippen LogP) is 0.0719. The lowest BCUT2D eigenvalue weighted by Gasteiger charge is -2.29. The monoisotopic (exact) mass is 1250 g/mol. The first kappa shape index (κ1) is 74.6. The van der Waals surface area contributed by atoms with Crippen LogP contribution in [0.3, 0.4) is 0 Å². The van der Waals surface area contributed by atoms with Gasteiger partial charge in [0.15, 0.2) is 0 Å². The lowest BCUT2D eigenvalue weighted by molar-refractivity contribution is -0.136. The minimum Gasteiger partial charge on any atom is -0.394 e. The van der Waals surface area contributed by atoms with Crippen LogP contribution in [0.1, 0.15) is 123 Å². The summed E-state index contributed by atoms with van der Waals surface area (Å²) >= 11 is 0. The lowest BCUT2D eigenvalue weighted by Crippen LogP contribution is -2.61. The molecular formula is C65H100N14O11. The molecule has 3 aromatic carbocycles. The van der Waals surface area contributed by atoms with Gasteiger partial charge in [-0.3, -0.25) is 47.9 Å². The van der Waals surface area contributed by atoms with Crippen molar-refractivity contribution in [2.75, 3.05) is 26.2 Å². The molecule has 1 aliphatic rings. The summed E-state index contributed by atoms with van der Waals surface area (Å²) in [6.45, 7) is 9.59. The number of carbonyl (C=O) groups excluding carboxylic acids is 10. The van der Waals surface area contributed by atoms with E-state index < -0.39 is 132 Å². The van der Waals surface area contributed by atoms with Crippen LogP contribution in [0.2, 0.25) is 0 Å².